The second-order valence-electron chi connectivity index (χ2n) is 4.72. The molecule has 0 aliphatic rings. The van der Waals surface area contributed by atoms with Crippen molar-refractivity contribution in [3.63, 3.8) is 0 Å². The normalized spacial score (nSPS) is 12.5. The first-order valence-corrected chi connectivity index (χ1v) is 7.36. The molecule has 2 rings (SSSR count). The molecule has 1 atom stereocenters. The van der Waals surface area contributed by atoms with Crippen LogP contribution < -0.4 is 0 Å². The van der Waals surface area contributed by atoms with Crippen molar-refractivity contribution in [2.24, 2.45) is 0 Å². The Labute approximate surface area is 126 Å². The third kappa shape index (κ3) is 3.37. The first-order chi connectivity index (χ1) is 8.99. The van der Waals surface area contributed by atoms with Gasteiger partial charge in [0, 0.05) is 4.47 Å². The van der Waals surface area contributed by atoms with E-state index in [0.29, 0.717) is 12.0 Å². The van der Waals surface area contributed by atoms with Gasteiger partial charge in [0.15, 0.2) is 0 Å². The Bertz CT molecular complexity index is 595. The molecule has 0 fully saturated rings. The minimum atomic E-state index is -0.219. The maximum atomic E-state index is 13.6. The standard InChI is InChI=1S/C16H15BrClF/c1-10-8-14(17)11(2)7-13(10)15(18)9-12-5-3-4-6-16(12)19/h3-8,15H,9H2,1-2H3. The van der Waals surface area contributed by atoms with Crippen LogP contribution in [0.5, 0.6) is 0 Å². The highest BCUT2D eigenvalue weighted by molar-refractivity contribution is 9.10. The lowest BCUT2D eigenvalue weighted by Gasteiger charge is -2.15. The van der Waals surface area contributed by atoms with Crippen LogP contribution in [0.3, 0.4) is 0 Å². The zero-order chi connectivity index (χ0) is 14.0. The van der Waals surface area contributed by atoms with Crippen molar-refractivity contribution >= 4 is 27.5 Å². The predicted octanol–water partition coefficient (Wildman–Crippen LogP) is 5.73. The Morgan fingerprint density at radius 3 is 2.53 bits per heavy atom. The summed E-state index contributed by atoms with van der Waals surface area (Å²) >= 11 is 9.97. The molecule has 3 heteroatoms. The fourth-order valence-corrected chi connectivity index (χ4v) is 2.97. The van der Waals surface area contributed by atoms with E-state index in [2.05, 4.69) is 28.1 Å². The Hall–Kier alpha value is -0.860. The molecule has 0 N–H and O–H groups in total. The molecule has 0 amide bonds. The van der Waals surface area contributed by atoms with Crippen molar-refractivity contribution in [1.82, 2.24) is 0 Å². The van der Waals surface area contributed by atoms with Crippen LogP contribution in [-0.4, -0.2) is 0 Å². The van der Waals surface area contributed by atoms with Crippen LogP contribution in [0.4, 0.5) is 4.39 Å². The van der Waals surface area contributed by atoms with E-state index in [9.17, 15) is 4.39 Å². The number of benzene rings is 2. The average Bonchev–Trinajstić information content (AvgIpc) is 2.36. The summed E-state index contributed by atoms with van der Waals surface area (Å²) in [5.74, 6) is -0.195. The van der Waals surface area contributed by atoms with E-state index in [1.54, 1.807) is 12.1 Å². The molecule has 0 nitrogen and oxygen atoms in total. The SMILES string of the molecule is Cc1cc(C(Cl)Cc2ccccc2F)c(C)cc1Br. The van der Waals surface area contributed by atoms with Crippen molar-refractivity contribution in [3.8, 4) is 0 Å². The molecule has 0 saturated carbocycles. The van der Waals surface area contributed by atoms with Gasteiger partial charge in [-0.15, -0.1) is 11.6 Å². The summed E-state index contributed by atoms with van der Waals surface area (Å²) in [6.07, 6.45) is 0.496. The van der Waals surface area contributed by atoms with Gasteiger partial charge in [-0.2, -0.15) is 0 Å². The lowest BCUT2D eigenvalue weighted by Crippen LogP contribution is -2.01. The minimum Gasteiger partial charge on any atom is -0.207 e. The summed E-state index contributed by atoms with van der Waals surface area (Å²) in [6.45, 7) is 4.05. The summed E-state index contributed by atoms with van der Waals surface area (Å²) < 4.78 is 14.7. The molecule has 19 heavy (non-hydrogen) atoms. The molecule has 0 aliphatic heterocycles. The van der Waals surface area contributed by atoms with Gasteiger partial charge in [-0.05, 0) is 54.7 Å². The highest BCUT2D eigenvalue weighted by Crippen LogP contribution is 2.31. The van der Waals surface area contributed by atoms with Crippen molar-refractivity contribution < 1.29 is 4.39 Å². The zero-order valence-corrected chi connectivity index (χ0v) is 13.2. The fraction of sp³-hybridized carbons (Fsp3) is 0.250. The van der Waals surface area contributed by atoms with Crippen LogP contribution in [0.15, 0.2) is 40.9 Å². The number of rotatable bonds is 3. The number of alkyl halides is 1. The van der Waals surface area contributed by atoms with Crippen molar-refractivity contribution in [2.45, 2.75) is 25.6 Å². The van der Waals surface area contributed by atoms with Gasteiger partial charge >= 0.3 is 0 Å². The Balaban J connectivity index is 2.28. The second-order valence-corrected chi connectivity index (χ2v) is 6.10. The predicted molar refractivity (Wildman–Crippen MR) is 82.3 cm³/mol. The van der Waals surface area contributed by atoms with Crippen LogP contribution in [0.2, 0.25) is 0 Å². The molecule has 1 unspecified atom stereocenters. The van der Waals surface area contributed by atoms with Crippen molar-refractivity contribution in [1.29, 1.82) is 0 Å². The van der Waals surface area contributed by atoms with E-state index in [1.165, 1.54) is 6.07 Å². The molecule has 0 bridgehead atoms. The zero-order valence-electron chi connectivity index (χ0n) is 10.9. The number of hydrogen-bond donors (Lipinski definition) is 0. The van der Waals surface area contributed by atoms with Gasteiger partial charge in [-0.25, -0.2) is 4.39 Å². The minimum absolute atomic E-state index is 0.195. The van der Waals surface area contributed by atoms with E-state index in [0.717, 1.165) is 21.2 Å². The summed E-state index contributed by atoms with van der Waals surface area (Å²) in [7, 11) is 0. The highest BCUT2D eigenvalue weighted by Gasteiger charge is 2.15. The number of aryl methyl sites for hydroxylation is 2. The van der Waals surface area contributed by atoms with Gasteiger partial charge in [0.05, 0.1) is 5.38 Å². The molecule has 0 aliphatic carbocycles. The average molecular weight is 342 g/mol. The van der Waals surface area contributed by atoms with Crippen LogP contribution in [0, 0.1) is 19.7 Å². The maximum Gasteiger partial charge on any atom is 0.126 e. The topological polar surface area (TPSA) is 0 Å². The Kier molecular flexibility index (Phi) is 4.64. The van der Waals surface area contributed by atoms with Crippen LogP contribution in [0.1, 0.15) is 27.6 Å². The molecular weight excluding hydrogens is 327 g/mol. The monoisotopic (exact) mass is 340 g/mol. The Morgan fingerprint density at radius 2 is 1.84 bits per heavy atom. The first-order valence-electron chi connectivity index (χ1n) is 6.13. The molecular formula is C16H15BrClF. The summed E-state index contributed by atoms with van der Waals surface area (Å²) in [4.78, 5) is 0. The number of hydrogen-bond acceptors (Lipinski definition) is 0. The molecule has 0 radical (unpaired) electrons. The van der Waals surface area contributed by atoms with Crippen LogP contribution >= 0.6 is 27.5 Å². The summed E-state index contributed by atoms with van der Waals surface area (Å²) in [6, 6.07) is 10.9. The fourth-order valence-electron chi connectivity index (χ4n) is 2.11. The molecule has 0 spiro atoms. The number of halogens is 3. The quantitative estimate of drug-likeness (QED) is 0.626. The summed E-state index contributed by atoms with van der Waals surface area (Å²) in [5, 5.41) is -0.219. The van der Waals surface area contributed by atoms with Crippen molar-refractivity contribution in [3.05, 3.63) is 68.9 Å². The third-order valence-corrected chi connectivity index (χ3v) is 4.49. The lowest BCUT2D eigenvalue weighted by atomic mass is 9.98. The van der Waals surface area contributed by atoms with E-state index in [-0.39, 0.29) is 11.2 Å². The van der Waals surface area contributed by atoms with E-state index in [1.807, 2.05) is 19.9 Å². The van der Waals surface area contributed by atoms with Crippen LogP contribution in [0.25, 0.3) is 0 Å². The van der Waals surface area contributed by atoms with Crippen molar-refractivity contribution in [2.75, 3.05) is 0 Å². The van der Waals surface area contributed by atoms with E-state index < -0.39 is 0 Å². The maximum absolute atomic E-state index is 13.6. The van der Waals surface area contributed by atoms with Gasteiger partial charge in [0.2, 0.25) is 0 Å². The first kappa shape index (κ1) is 14.5. The third-order valence-electron chi connectivity index (χ3n) is 3.24. The largest absolute Gasteiger partial charge is 0.207 e. The molecule has 0 saturated heterocycles. The van der Waals surface area contributed by atoms with Gasteiger partial charge < -0.3 is 0 Å². The van der Waals surface area contributed by atoms with Gasteiger partial charge in [0.1, 0.15) is 5.82 Å². The second kappa shape index (κ2) is 6.06. The molecule has 2 aromatic carbocycles. The van der Waals surface area contributed by atoms with Gasteiger partial charge in [-0.3, -0.25) is 0 Å². The highest BCUT2D eigenvalue weighted by atomic mass is 79.9. The summed E-state index contributed by atoms with van der Waals surface area (Å²) in [5.41, 5.74) is 3.97. The molecule has 100 valence electrons. The molecule has 0 aromatic heterocycles. The van der Waals surface area contributed by atoms with E-state index >= 15 is 0 Å². The van der Waals surface area contributed by atoms with E-state index in [4.69, 9.17) is 11.6 Å². The Morgan fingerprint density at radius 1 is 1.16 bits per heavy atom. The lowest BCUT2D eigenvalue weighted by molar-refractivity contribution is 0.607. The van der Waals surface area contributed by atoms with Gasteiger partial charge in [-0.1, -0.05) is 40.2 Å². The molecule has 2 aromatic rings. The van der Waals surface area contributed by atoms with Crippen LogP contribution in [-0.2, 0) is 6.42 Å². The molecule has 0 heterocycles. The van der Waals surface area contributed by atoms with Gasteiger partial charge in [0.25, 0.3) is 0 Å². The smallest absolute Gasteiger partial charge is 0.126 e.